The summed E-state index contributed by atoms with van der Waals surface area (Å²) in [6.07, 6.45) is 4.18. The molecule has 1 fully saturated rings. The summed E-state index contributed by atoms with van der Waals surface area (Å²) < 4.78 is 0. The molecule has 9 heavy (non-hydrogen) atoms. The predicted molar refractivity (Wildman–Crippen MR) is 35.3 cm³/mol. The van der Waals surface area contributed by atoms with Crippen LogP contribution in [-0.4, -0.2) is 6.54 Å². The summed E-state index contributed by atoms with van der Waals surface area (Å²) in [6.45, 7) is 3.40. The van der Waals surface area contributed by atoms with E-state index in [9.17, 15) is 0 Å². The number of hydrogen-bond donors (Lipinski definition) is 1. The standard InChI is InChI=1S/C7H14N.K/c1-7(6-8-2)4-3-5-7;/h8H,2-6H2,1H3;/q-1;+1. The van der Waals surface area contributed by atoms with Crippen molar-refractivity contribution in [3.8, 4) is 0 Å². The van der Waals surface area contributed by atoms with E-state index < -0.39 is 0 Å². The summed E-state index contributed by atoms with van der Waals surface area (Å²) in [4.78, 5) is 0. The molecule has 1 aliphatic rings. The first-order valence-electron chi connectivity index (χ1n) is 3.27. The molecule has 0 aromatic carbocycles. The average Bonchev–Trinajstić information content (AvgIpc) is 1.64. The van der Waals surface area contributed by atoms with Crippen molar-refractivity contribution in [3.05, 3.63) is 7.05 Å². The van der Waals surface area contributed by atoms with Crippen LogP contribution in [0.2, 0.25) is 0 Å². The maximum Gasteiger partial charge on any atom is 1.00 e. The van der Waals surface area contributed by atoms with Gasteiger partial charge in [0.2, 0.25) is 0 Å². The minimum absolute atomic E-state index is 0. The van der Waals surface area contributed by atoms with Crippen molar-refractivity contribution in [2.45, 2.75) is 26.2 Å². The van der Waals surface area contributed by atoms with Crippen LogP contribution in [0.25, 0.3) is 0 Å². The molecular formula is C7H14KN. The SMILES string of the molecule is [CH2-]NCC1(C)CCC1.[K+]. The Morgan fingerprint density at radius 2 is 2.11 bits per heavy atom. The fourth-order valence-electron chi connectivity index (χ4n) is 1.26. The fraction of sp³-hybridized carbons (Fsp3) is 0.857. The average molecular weight is 151 g/mol. The van der Waals surface area contributed by atoms with Crippen LogP contribution in [0.15, 0.2) is 0 Å². The molecule has 0 atom stereocenters. The first-order valence-corrected chi connectivity index (χ1v) is 3.27. The molecule has 0 radical (unpaired) electrons. The van der Waals surface area contributed by atoms with Gasteiger partial charge in [-0.1, -0.05) is 13.3 Å². The Morgan fingerprint density at radius 3 is 2.22 bits per heavy atom. The second-order valence-electron chi connectivity index (χ2n) is 3.09. The number of nitrogens with one attached hydrogen (secondary N) is 1. The van der Waals surface area contributed by atoms with Gasteiger partial charge in [0, 0.05) is 0 Å². The van der Waals surface area contributed by atoms with Gasteiger partial charge in [0.25, 0.3) is 0 Å². The van der Waals surface area contributed by atoms with Gasteiger partial charge in [-0.25, -0.2) is 0 Å². The summed E-state index contributed by atoms with van der Waals surface area (Å²) in [5.41, 5.74) is 0.599. The quantitative estimate of drug-likeness (QED) is 0.377. The molecule has 0 amide bonds. The molecule has 0 aromatic rings. The minimum atomic E-state index is 0. The molecule has 0 aromatic heterocycles. The molecule has 2 heteroatoms. The summed E-state index contributed by atoms with van der Waals surface area (Å²) in [5, 5.41) is 2.96. The largest absolute Gasteiger partial charge is 1.00 e. The molecule has 0 saturated heterocycles. The fourth-order valence-corrected chi connectivity index (χ4v) is 1.26. The Balaban J connectivity index is 0.000000640. The van der Waals surface area contributed by atoms with E-state index in [1.54, 1.807) is 0 Å². The summed E-state index contributed by atoms with van der Waals surface area (Å²) >= 11 is 0. The van der Waals surface area contributed by atoms with E-state index in [4.69, 9.17) is 0 Å². The van der Waals surface area contributed by atoms with E-state index in [0.29, 0.717) is 5.41 Å². The Hall–Kier alpha value is 1.60. The molecule has 0 unspecified atom stereocenters. The van der Waals surface area contributed by atoms with E-state index in [0.717, 1.165) is 6.54 Å². The van der Waals surface area contributed by atoms with E-state index in [2.05, 4.69) is 19.3 Å². The normalized spacial score (nSPS) is 22.0. The molecule has 0 aliphatic heterocycles. The van der Waals surface area contributed by atoms with Gasteiger partial charge in [-0.05, 0) is 24.8 Å². The van der Waals surface area contributed by atoms with E-state index in [-0.39, 0.29) is 51.4 Å². The first kappa shape index (κ1) is 10.6. The summed E-state index contributed by atoms with van der Waals surface area (Å²) in [7, 11) is 3.60. The van der Waals surface area contributed by atoms with Crippen molar-refractivity contribution in [1.82, 2.24) is 5.32 Å². The molecule has 1 nitrogen and oxygen atoms in total. The van der Waals surface area contributed by atoms with Crippen molar-refractivity contribution in [1.29, 1.82) is 0 Å². The third-order valence-corrected chi connectivity index (χ3v) is 2.11. The van der Waals surface area contributed by atoms with Crippen LogP contribution < -0.4 is 56.7 Å². The van der Waals surface area contributed by atoms with Crippen LogP contribution >= 0.6 is 0 Å². The maximum atomic E-state index is 3.60. The Kier molecular flexibility index (Phi) is 5.26. The third kappa shape index (κ3) is 3.00. The van der Waals surface area contributed by atoms with Crippen molar-refractivity contribution >= 4 is 0 Å². The molecular weight excluding hydrogens is 137 g/mol. The Bertz CT molecular complexity index is 79.0. The van der Waals surface area contributed by atoms with Gasteiger partial charge in [0.1, 0.15) is 0 Å². The summed E-state index contributed by atoms with van der Waals surface area (Å²) in [6, 6.07) is 0. The van der Waals surface area contributed by atoms with E-state index in [1.807, 2.05) is 0 Å². The summed E-state index contributed by atoms with van der Waals surface area (Å²) in [5.74, 6) is 0. The van der Waals surface area contributed by atoms with Crippen LogP contribution in [0.5, 0.6) is 0 Å². The Morgan fingerprint density at radius 1 is 1.56 bits per heavy atom. The molecule has 0 spiro atoms. The van der Waals surface area contributed by atoms with Gasteiger partial charge < -0.3 is 5.32 Å². The van der Waals surface area contributed by atoms with Crippen LogP contribution in [0.4, 0.5) is 0 Å². The van der Waals surface area contributed by atoms with Gasteiger partial charge in [0.05, 0.1) is 0 Å². The number of rotatable bonds is 2. The van der Waals surface area contributed by atoms with Gasteiger partial charge in [-0.3, -0.25) is 7.05 Å². The zero-order valence-electron chi connectivity index (χ0n) is 6.54. The molecule has 0 heterocycles. The molecule has 1 saturated carbocycles. The van der Waals surface area contributed by atoms with Crippen molar-refractivity contribution in [2.24, 2.45) is 5.41 Å². The Labute approximate surface area is 100 Å². The van der Waals surface area contributed by atoms with Crippen LogP contribution in [0, 0.1) is 12.5 Å². The molecule has 48 valence electrons. The maximum absolute atomic E-state index is 3.60. The molecule has 0 bridgehead atoms. The smallest absolute Gasteiger partial charge is 0.472 e. The molecule has 1 N–H and O–H groups in total. The third-order valence-electron chi connectivity index (χ3n) is 2.11. The molecule has 1 rings (SSSR count). The van der Waals surface area contributed by atoms with Crippen LogP contribution in [0.3, 0.4) is 0 Å². The minimum Gasteiger partial charge on any atom is -0.472 e. The van der Waals surface area contributed by atoms with Gasteiger partial charge in [-0.2, -0.15) is 0 Å². The topological polar surface area (TPSA) is 12.0 Å². The van der Waals surface area contributed by atoms with Crippen molar-refractivity contribution in [2.75, 3.05) is 6.54 Å². The predicted octanol–water partition coefficient (Wildman–Crippen LogP) is -1.44. The van der Waals surface area contributed by atoms with Crippen LogP contribution in [0.1, 0.15) is 26.2 Å². The van der Waals surface area contributed by atoms with Crippen molar-refractivity contribution in [3.63, 3.8) is 0 Å². The second kappa shape index (κ2) is 4.47. The zero-order chi connectivity index (χ0) is 6.04. The monoisotopic (exact) mass is 151 g/mol. The van der Waals surface area contributed by atoms with Gasteiger partial charge in [0.15, 0.2) is 0 Å². The second-order valence-corrected chi connectivity index (χ2v) is 3.09. The van der Waals surface area contributed by atoms with E-state index in [1.165, 1.54) is 19.3 Å². The molecule has 1 aliphatic carbocycles. The number of hydrogen-bond acceptors (Lipinski definition) is 1. The van der Waals surface area contributed by atoms with Crippen molar-refractivity contribution < 1.29 is 51.4 Å². The first-order chi connectivity index (χ1) is 3.77. The van der Waals surface area contributed by atoms with Gasteiger partial charge >= 0.3 is 51.4 Å². The zero-order valence-corrected chi connectivity index (χ0v) is 9.66. The van der Waals surface area contributed by atoms with Gasteiger partial charge in [-0.15, -0.1) is 0 Å². The van der Waals surface area contributed by atoms with Crippen LogP contribution in [-0.2, 0) is 0 Å². The van der Waals surface area contributed by atoms with E-state index >= 15 is 0 Å².